The van der Waals surface area contributed by atoms with Crippen molar-refractivity contribution >= 4 is 39.1 Å². The van der Waals surface area contributed by atoms with Gasteiger partial charge in [0.25, 0.3) is 5.91 Å². The Balaban J connectivity index is 1.38. The van der Waals surface area contributed by atoms with Gasteiger partial charge in [0, 0.05) is 31.0 Å². The van der Waals surface area contributed by atoms with Crippen molar-refractivity contribution in [2.45, 2.75) is 25.2 Å². The number of para-hydroxylation sites is 1. The molecule has 3 heterocycles. The van der Waals surface area contributed by atoms with E-state index in [-0.39, 0.29) is 11.8 Å². The number of halogens is 1. The van der Waals surface area contributed by atoms with Gasteiger partial charge >= 0.3 is 0 Å². The predicted octanol–water partition coefficient (Wildman–Crippen LogP) is 5.13. The van der Waals surface area contributed by atoms with Crippen LogP contribution in [0.15, 0.2) is 36.4 Å². The maximum Gasteiger partial charge on any atom is 0.254 e. The van der Waals surface area contributed by atoms with Gasteiger partial charge in [-0.1, -0.05) is 23.7 Å². The summed E-state index contributed by atoms with van der Waals surface area (Å²) in [5.41, 5.74) is 1.58. The number of benzene rings is 2. The first-order chi connectivity index (χ1) is 14.2. The molecule has 1 unspecified atom stereocenters. The molecule has 0 bridgehead atoms. The smallest absolute Gasteiger partial charge is 0.254 e. The summed E-state index contributed by atoms with van der Waals surface area (Å²) in [5, 5.41) is 1.54. The van der Waals surface area contributed by atoms with E-state index >= 15 is 0 Å². The number of carbonyl (C=O) groups is 1. The molecule has 5 nitrogen and oxygen atoms in total. The third-order valence-electron chi connectivity index (χ3n) is 5.42. The Morgan fingerprint density at radius 2 is 2.03 bits per heavy atom. The molecule has 2 aliphatic rings. The Kier molecular flexibility index (Phi) is 5.06. The molecule has 3 aromatic rings. The molecular weight excluding hydrogens is 408 g/mol. The third-order valence-corrected chi connectivity index (χ3v) is 6.90. The van der Waals surface area contributed by atoms with E-state index in [9.17, 15) is 4.79 Å². The van der Waals surface area contributed by atoms with E-state index in [4.69, 9.17) is 26.1 Å². The predicted molar refractivity (Wildman–Crippen MR) is 115 cm³/mol. The van der Waals surface area contributed by atoms with Gasteiger partial charge < -0.3 is 14.4 Å². The number of aromatic nitrogens is 1. The molecule has 1 atom stereocenters. The second-order valence-electron chi connectivity index (χ2n) is 7.45. The molecule has 5 rings (SSSR count). The zero-order chi connectivity index (χ0) is 19.8. The van der Waals surface area contributed by atoms with E-state index in [0.29, 0.717) is 41.8 Å². The minimum absolute atomic E-state index is 0.0200. The van der Waals surface area contributed by atoms with Crippen LogP contribution < -0.4 is 9.47 Å². The van der Waals surface area contributed by atoms with Crippen LogP contribution in [0.3, 0.4) is 0 Å². The first-order valence-corrected chi connectivity index (χ1v) is 11.1. The van der Waals surface area contributed by atoms with E-state index < -0.39 is 0 Å². The molecule has 0 spiro atoms. The maximum atomic E-state index is 13.2. The number of hydrogen-bond acceptors (Lipinski definition) is 5. The Hall–Kier alpha value is -2.31. The minimum Gasteiger partial charge on any atom is -0.489 e. The van der Waals surface area contributed by atoms with Crippen molar-refractivity contribution in [3.63, 3.8) is 0 Å². The van der Waals surface area contributed by atoms with Gasteiger partial charge in [-0.05, 0) is 37.1 Å². The van der Waals surface area contributed by atoms with E-state index in [0.717, 1.165) is 36.3 Å². The Morgan fingerprint density at radius 1 is 1.17 bits per heavy atom. The lowest BCUT2D eigenvalue weighted by Crippen LogP contribution is -2.39. The zero-order valence-corrected chi connectivity index (χ0v) is 17.5. The largest absolute Gasteiger partial charge is 0.489 e. The Labute approximate surface area is 178 Å². The molecule has 0 N–H and O–H groups in total. The highest BCUT2D eigenvalue weighted by atomic mass is 35.5. The molecule has 1 aromatic heterocycles. The molecule has 7 heteroatoms. The highest BCUT2D eigenvalue weighted by Crippen LogP contribution is 2.39. The van der Waals surface area contributed by atoms with Gasteiger partial charge in [-0.25, -0.2) is 4.98 Å². The number of likely N-dealkylation sites (tertiary alicyclic amines) is 1. The number of fused-ring (bicyclic) bond motifs is 2. The number of amides is 1. The lowest BCUT2D eigenvalue weighted by Gasteiger charge is -2.32. The second-order valence-corrected chi connectivity index (χ2v) is 8.92. The molecule has 2 aromatic carbocycles. The molecule has 0 saturated carbocycles. The summed E-state index contributed by atoms with van der Waals surface area (Å²) in [6, 6.07) is 11.6. The summed E-state index contributed by atoms with van der Waals surface area (Å²) >= 11 is 8.12. The van der Waals surface area contributed by atoms with Gasteiger partial charge in [0.05, 0.1) is 33.5 Å². The van der Waals surface area contributed by atoms with Crippen LogP contribution in [0.4, 0.5) is 0 Å². The molecule has 0 aliphatic carbocycles. The highest BCUT2D eigenvalue weighted by molar-refractivity contribution is 7.18. The summed E-state index contributed by atoms with van der Waals surface area (Å²) in [6.07, 6.45) is 2.81. The summed E-state index contributed by atoms with van der Waals surface area (Å²) < 4.78 is 12.6. The van der Waals surface area contributed by atoms with E-state index in [1.165, 1.54) is 4.70 Å². The van der Waals surface area contributed by atoms with E-state index in [2.05, 4.69) is 6.07 Å². The Bertz CT molecular complexity index is 1030. The minimum atomic E-state index is -0.0200. The first-order valence-electron chi connectivity index (χ1n) is 9.93. The monoisotopic (exact) mass is 428 g/mol. The van der Waals surface area contributed by atoms with Crippen LogP contribution in [-0.4, -0.2) is 42.1 Å². The standard InChI is InChI=1S/C22H21ClN2O3S/c23-16-11-15(12-18-20(16)28-10-4-9-27-18)22(26)25-8-3-5-14(13-25)21-24-17-6-1-2-7-19(17)29-21/h1-2,6-7,11-12,14H,3-5,8-10,13H2. The number of thiazole rings is 1. The van der Waals surface area contributed by atoms with Crippen LogP contribution >= 0.6 is 22.9 Å². The molecule has 2 aliphatic heterocycles. The zero-order valence-electron chi connectivity index (χ0n) is 15.9. The van der Waals surface area contributed by atoms with Crippen molar-refractivity contribution in [1.82, 2.24) is 9.88 Å². The SMILES string of the molecule is O=C(c1cc(Cl)c2c(c1)OCCCO2)N1CCCC(c2nc3ccccc3s2)C1. The fourth-order valence-corrected chi connectivity index (χ4v) is 5.32. The number of carbonyl (C=O) groups excluding carboxylic acids is 1. The van der Waals surface area contributed by atoms with Crippen LogP contribution in [0.2, 0.25) is 5.02 Å². The van der Waals surface area contributed by atoms with Gasteiger partial charge in [-0.2, -0.15) is 0 Å². The van der Waals surface area contributed by atoms with E-state index in [1.807, 2.05) is 23.1 Å². The number of ether oxygens (including phenoxy) is 2. The van der Waals surface area contributed by atoms with Crippen molar-refractivity contribution < 1.29 is 14.3 Å². The topological polar surface area (TPSA) is 51.7 Å². The van der Waals surface area contributed by atoms with Gasteiger partial charge in [0.2, 0.25) is 0 Å². The van der Waals surface area contributed by atoms with E-state index in [1.54, 1.807) is 23.5 Å². The normalized spacial score (nSPS) is 19.2. The number of hydrogen-bond donors (Lipinski definition) is 0. The molecular formula is C22H21ClN2O3S. The van der Waals surface area contributed by atoms with Crippen LogP contribution in [0.5, 0.6) is 11.5 Å². The van der Waals surface area contributed by atoms with Gasteiger partial charge in [-0.15, -0.1) is 11.3 Å². The van der Waals surface area contributed by atoms with Crippen molar-refractivity contribution in [3.05, 3.63) is 52.0 Å². The summed E-state index contributed by atoms with van der Waals surface area (Å²) in [6.45, 7) is 2.54. The average Bonchev–Trinajstić information content (AvgIpc) is 3.04. The molecule has 29 heavy (non-hydrogen) atoms. The first kappa shape index (κ1) is 18.7. The van der Waals surface area contributed by atoms with Gasteiger partial charge in [0.1, 0.15) is 0 Å². The van der Waals surface area contributed by atoms with Gasteiger partial charge in [0.15, 0.2) is 11.5 Å². The molecule has 1 fully saturated rings. The van der Waals surface area contributed by atoms with Crippen molar-refractivity contribution in [1.29, 1.82) is 0 Å². The summed E-state index contributed by atoms with van der Waals surface area (Å²) in [5.74, 6) is 1.33. The quantitative estimate of drug-likeness (QED) is 0.567. The fraction of sp³-hybridized carbons (Fsp3) is 0.364. The molecule has 1 saturated heterocycles. The third kappa shape index (κ3) is 3.67. The number of rotatable bonds is 2. The summed E-state index contributed by atoms with van der Waals surface area (Å²) in [7, 11) is 0. The van der Waals surface area contributed by atoms with Gasteiger partial charge in [-0.3, -0.25) is 4.79 Å². The fourth-order valence-electron chi connectivity index (χ4n) is 3.96. The molecule has 1 amide bonds. The van der Waals surface area contributed by atoms with Crippen molar-refractivity contribution in [3.8, 4) is 11.5 Å². The second kappa shape index (κ2) is 7.84. The number of piperidine rings is 1. The van der Waals surface area contributed by atoms with Crippen LogP contribution in [0.1, 0.15) is 40.5 Å². The summed E-state index contributed by atoms with van der Waals surface area (Å²) in [4.78, 5) is 19.9. The van der Waals surface area contributed by atoms with Crippen LogP contribution in [0.25, 0.3) is 10.2 Å². The average molecular weight is 429 g/mol. The Morgan fingerprint density at radius 3 is 2.93 bits per heavy atom. The van der Waals surface area contributed by atoms with Crippen LogP contribution in [-0.2, 0) is 0 Å². The maximum absolute atomic E-state index is 13.2. The number of nitrogens with zero attached hydrogens (tertiary/aromatic N) is 2. The van der Waals surface area contributed by atoms with Crippen LogP contribution in [0, 0.1) is 0 Å². The molecule has 0 radical (unpaired) electrons. The lowest BCUT2D eigenvalue weighted by molar-refractivity contribution is 0.0706. The lowest BCUT2D eigenvalue weighted by atomic mass is 9.98. The highest BCUT2D eigenvalue weighted by Gasteiger charge is 2.29. The van der Waals surface area contributed by atoms with Crippen molar-refractivity contribution in [2.24, 2.45) is 0 Å². The van der Waals surface area contributed by atoms with Crippen molar-refractivity contribution in [2.75, 3.05) is 26.3 Å². The molecule has 150 valence electrons.